The highest BCUT2D eigenvalue weighted by atomic mass is 35.5. The molecule has 1 unspecified atom stereocenters. The van der Waals surface area contributed by atoms with Crippen LogP contribution in [0.4, 0.5) is 0 Å². The molecule has 1 atom stereocenters. The zero-order valence-corrected chi connectivity index (χ0v) is 13.4. The Labute approximate surface area is 135 Å². The molecule has 3 rings (SSSR count). The molecule has 1 aliphatic carbocycles. The predicted octanol–water partition coefficient (Wildman–Crippen LogP) is 2.87. The summed E-state index contributed by atoms with van der Waals surface area (Å²) in [7, 11) is 0. The molecule has 0 saturated heterocycles. The van der Waals surface area contributed by atoms with Gasteiger partial charge in [-0.15, -0.1) is 0 Å². The van der Waals surface area contributed by atoms with E-state index in [0.717, 1.165) is 42.0 Å². The van der Waals surface area contributed by atoms with Crippen LogP contribution in [0.3, 0.4) is 0 Å². The molecule has 0 spiro atoms. The molecule has 1 heterocycles. The lowest BCUT2D eigenvalue weighted by Crippen LogP contribution is -2.36. The van der Waals surface area contributed by atoms with Gasteiger partial charge in [0.1, 0.15) is 12.7 Å². The van der Waals surface area contributed by atoms with Gasteiger partial charge in [0.2, 0.25) is 0 Å². The van der Waals surface area contributed by atoms with E-state index in [1.165, 1.54) is 6.33 Å². The van der Waals surface area contributed by atoms with Crippen LogP contribution in [0, 0.1) is 0 Å². The predicted molar refractivity (Wildman–Crippen MR) is 86.2 cm³/mol. The Kier molecular flexibility index (Phi) is 4.76. The van der Waals surface area contributed by atoms with E-state index in [2.05, 4.69) is 22.3 Å². The maximum absolute atomic E-state index is 9.58. The van der Waals surface area contributed by atoms with E-state index in [4.69, 9.17) is 11.6 Å². The first kappa shape index (κ1) is 15.5. The van der Waals surface area contributed by atoms with E-state index in [0.29, 0.717) is 6.04 Å². The topological polar surface area (TPSA) is 63.0 Å². The number of nitrogens with zero attached hydrogens (tertiary/aromatic N) is 3. The minimum absolute atomic E-state index is 0.126. The summed E-state index contributed by atoms with van der Waals surface area (Å²) < 4.78 is 1.69. The van der Waals surface area contributed by atoms with Gasteiger partial charge < -0.3 is 10.4 Å². The molecule has 2 N–H and O–H groups in total. The Morgan fingerprint density at radius 1 is 1.32 bits per heavy atom. The molecule has 0 aliphatic heterocycles. The van der Waals surface area contributed by atoms with Crippen molar-refractivity contribution in [2.75, 3.05) is 0 Å². The first-order valence-corrected chi connectivity index (χ1v) is 8.10. The summed E-state index contributed by atoms with van der Waals surface area (Å²) >= 11 is 6.44. The average Bonchev–Trinajstić information content (AvgIpc) is 3.03. The van der Waals surface area contributed by atoms with Gasteiger partial charge in [0.05, 0.1) is 11.8 Å². The Bertz CT molecular complexity index is 609. The molecule has 1 aliphatic rings. The molecule has 1 saturated carbocycles. The number of hydrogen-bond acceptors (Lipinski definition) is 4. The van der Waals surface area contributed by atoms with Crippen LogP contribution < -0.4 is 5.32 Å². The molecule has 6 heteroatoms. The van der Waals surface area contributed by atoms with Gasteiger partial charge in [-0.25, -0.2) is 9.67 Å². The van der Waals surface area contributed by atoms with Crippen molar-refractivity contribution in [3.8, 4) is 5.69 Å². The molecule has 1 fully saturated rings. The average molecular weight is 321 g/mol. The van der Waals surface area contributed by atoms with Crippen LogP contribution in [0.5, 0.6) is 0 Å². The third kappa shape index (κ3) is 3.48. The van der Waals surface area contributed by atoms with Gasteiger partial charge in [0.15, 0.2) is 0 Å². The largest absolute Gasteiger partial charge is 0.393 e. The molecule has 1 aromatic carbocycles. The number of hydrogen-bond donors (Lipinski definition) is 2. The molecular weight excluding hydrogens is 300 g/mol. The first-order valence-electron chi connectivity index (χ1n) is 7.72. The Hall–Kier alpha value is -1.43. The van der Waals surface area contributed by atoms with Crippen molar-refractivity contribution >= 4 is 11.6 Å². The fraction of sp³-hybridized carbons (Fsp3) is 0.500. The van der Waals surface area contributed by atoms with Crippen molar-refractivity contribution in [3.05, 3.63) is 41.4 Å². The van der Waals surface area contributed by atoms with Crippen molar-refractivity contribution in [1.29, 1.82) is 0 Å². The molecule has 1 aromatic heterocycles. The molecular formula is C16H21ClN4O. The molecule has 118 valence electrons. The van der Waals surface area contributed by atoms with Gasteiger partial charge in [0.25, 0.3) is 0 Å². The van der Waals surface area contributed by atoms with E-state index < -0.39 is 0 Å². The Morgan fingerprint density at radius 3 is 2.73 bits per heavy atom. The molecule has 2 aromatic rings. The van der Waals surface area contributed by atoms with Crippen LogP contribution in [0.25, 0.3) is 5.69 Å². The number of aromatic nitrogens is 3. The summed E-state index contributed by atoms with van der Waals surface area (Å²) in [6, 6.07) is 6.57. The number of benzene rings is 1. The minimum atomic E-state index is -0.126. The number of aliphatic hydroxyl groups excluding tert-OH is 1. The summed E-state index contributed by atoms with van der Waals surface area (Å²) in [4.78, 5) is 3.95. The summed E-state index contributed by atoms with van der Waals surface area (Å²) in [5, 5.41) is 18.0. The van der Waals surface area contributed by atoms with Crippen LogP contribution in [0.1, 0.15) is 44.2 Å². The van der Waals surface area contributed by atoms with Crippen molar-refractivity contribution in [1.82, 2.24) is 20.1 Å². The SMILES string of the molecule is CC(NC1CCC(O)CC1)c1ccc(-n2cncn2)cc1Cl. The molecule has 5 nitrogen and oxygen atoms in total. The summed E-state index contributed by atoms with van der Waals surface area (Å²) in [6.45, 7) is 2.13. The second kappa shape index (κ2) is 6.77. The van der Waals surface area contributed by atoms with Crippen LogP contribution in [-0.2, 0) is 0 Å². The standard InChI is InChI=1S/C16H21ClN4O/c1-11(20-12-2-5-14(22)6-3-12)15-7-4-13(8-16(15)17)21-10-18-9-19-21/h4,7-12,14,20,22H,2-3,5-6H2,1H3. The fourth-order valence-electron chi connectivity index (χ4n) is 3.04. The van der Waals surface area contributed by atoms with E-state index in [-0.39, 0.29) is 12.1 Å². The van der Waals surface area contributed by atoms with Crippen molar-refractivity contribution in [3.63, 3.8) is 0 Å². The zero-order valence-electron chi connectivity index (χ0n) is 12.6. The second-order valence-electron chi connectivity index (χ2n) is 5.94. The number of halogens is 1. The summed E-state index contributed by atoms with van der Waals surface area (Å²) in [5.74, 6) is 0. The summed E-state index contributed by atoms with van der Waals surface area (Å²) in [5.41, 5.74) is 1.98. The van der Waals surface area contributed by atoms with Crippen molar-refractivity contribution in [2.24, 2.45) is 0 Å². The van der Waals surface area contributed by atoms with Crippen LogP contribution in [0.2, 0.25) is 5.02 Å². The van der Waals surface area contributed by atoms with Crippen LogP contribution >= 0.6 is 11.6 Å². The van der Waals surface area contributed by atoms with E-state index in [1.54, 1.807) is 11.0 Å². The second-order valence-corrected chi connectivity index (χ2v) is 6.35. The van der Waals surface area contributed by atoms with E-state index >= 15 is 0 Å². The van der Waals surface area contributed by atoms with Gasteiger partial charge in [-0.3, -0.25) is 0 Å². The lowest BCUT2D eigenvalue weighted by Gasteiger charge is -2.29. The van der Waals surface area contributed by atoms with Crippen LogP contribution in [0.15, 0.2) is 30.9 Å². The Morgan fingerprint density at radius 2 is 2.09 bits per heavy atom. The van der Waals surface area contributed by atoms with Crippen molar-refractivity contribution < 1.29 is 5.11 Å². The third-order valence-electron chi connectivity index (χ3n) is 4.32. The van der Waals surface area contributed by atoms with Gasteiger partial charge in [-0.2, -0.15) is 5.10 Å². The Balaban J connectivity index is 1.69. The van der Waals surface area contributed by atoms with Crippen molar-refractivity contribution in [2.45, 2.75) is 50.8 Å². The van der Waals surface area contributed by atoms with E-state index in [1.807, 2.05) is 18.2 Å². The number of rotatable bonds is 4. The zero-order chi connectivity index (χ0) is 15.5. The summed E-state index contributed by atoms with van der Waals surface area (Å²) in [6.07, 6.45) is 6.82. The molecule has 0 bridgehead atoms. The smallest absolute Gasteiger partial charge is 0.138 e. The maximum atomic E-state index is 9.58. The fourth-order valence-corrected chi connectivity index (χ4v) is 3.38. The minimum Gasteiger partial charge on any atom is -0.393 e. The molecule has 0 radical (unpaired) electrons. The molecule has 22 heavy (non-hydrogen) atoms. The number of nitrogens with one attached hydrogen (secondary N) is 1. The van der Waals surface area contributed by atoms with E-state index in [9.17, 15) is 5.11 Å². The highest BCUT2D eigenvalue weighted by Gasteiger charge is 2.21. The highest BCUT2D eigenvalue weighted by Crippen LogP contribution is 2.27. The number of aliphatic hydroxyl groups is 1. The van der Waals surface area contributed by atoms with Gasteiger partial charge >= 0.3 is 0 Å². The van der Waals surface area contributed by atoms with Gasteiger partial charge in [0, 0.05) is 17.1 Å². The highest BCUT2D eigenvalue weighted by molar-refractivity contribution is 6.31. The van der Waals surface area contributed by atoms with Gasteiger partial charge in [-0.1, -0.05) is 17.7 Å². The third-order valence-corrected chi connectivity index (χ3v) is 4.64. The first-order chi connectivity index (χ1) is 10.6. The lowest BCUT2D eigenvalue weighted by molar-refractivity contribution is 0.114. The maximum Gasteiger partial charge on any atom is 0.138 e. The van der Waals surface area contributed by atoms with Crippen LogP contribution in [-0.4, -0.2) is 32.0 Å². The lowest BCUT2D eigenvalue weighted by atomic mass is 9.92. The normalized spacial score (nSPS) is 23.4. The van der Waals surface area contributed by atoms with Gasteiger partial charge in [-0.05, 0) is 50.3 Å². The quantitative estimate of drug-likeness (QED) is 0.909. The molecule has 0 amide bonds. The monoisotopic (exact) mass is 320 g/mol.